The van der Waals surface area contributed by atoms with Gasteiger partial charge in [0, 0.05) is 43.0 Å². The van der Waals surface area contributed by atoms with Gasteiger partial charge in [0.25, 0.3) is 0 Å². The number of thiophene rings is 1. The zero-order valence-corrected chi connectivity index (χ0v) is 31.0. The molecule has 13 aromatic rings. The summed E-state index contributed by atoms with van der Waals surface area (Å²) in [4.78, 5) is 2.46. The van der Waals surface area contributed by atoms with E-state index in [4.69, 9.17) is 0 Å². The monoisotopic (exact) mass is 745 g/mol. The third kappa shape index (κ3) is 4.42. The van der Waals surface area contributed by atoms with Crippen LogP contribution in [0.5, 0.6) is 0 Å². The van der Waals surface area contributed by atoms with Crippen molar-refractivity contribution in [1.29, 1.82) is 0 Å². The molecule has 0 bridgehead atoms. The zero-order chi connectivity index (χ0) is 36.5. The molecule has 0 aliphatic carbocycles. The van der Waals surface area contributed by atoms with Crippen molar-refractivity contribution in [3.8, 4) is 11.1 Å². The Kier molecular flexibility index (Phi) is 6.73. The lowest BCUT2D eigenvalue weighted by Crippen LogP contribution is -2.10. The summed E-state index contributed by atoms with van der Waals surface area (Å²) in [6.45, 7) is 0. The maximum Gasteiger partial charge on any atom is 0.131 e. The highest BCUT2D eigenvalue weighted by Gasteiger charge is 2.24. The molecule has 0 aliphatic rings. The average Bonchev–Trinajstić information content (AvgIpc) is 3.99. The molecule has 4 heterocycles. The number of para-hydroxylation sites is 2. The van der Waals surface area contributed by atoms with E-state index in [9.17, 15) is 0 Å². The first-order valence-corrected chi connectivity index (χ1v) is 20.0. The molecule has 0 radical (unpaired) electrons. The number of benzene rings is 9. The molecule has 4 heteroatoms. The molecule has 9 aromatic carbocycles. The zero-order valence-electron chi connectivity index (χ0n) is 30.1. The van der Waals surface area contributed by atoms with Crippen molar-refractivity contribution in [2.75, 3.05) is 4.90 Å². The van der Waals surface area contributed by atoms with Crippen molar-refractivity contribution in [3.05, 3.63) is 188 Å². The van der Waals surface area contributed by atoms with Crippen molar-refractivity contribution in [2.45, 2.75) is 7.43 Å². The molecule has 0 spiro atoms. The minimum atomic E-state index is 0. The number of hydrogen-bond donors (Lipinski definition) is 0. The number of aromatic nitrogens is 2. The SMILES string of the molecule is C.c1ccc2c(-c3ccc(N(c4ccc5cc6c(cc5c4)n4c5ccccc5c5c7ccccc7n6c54)c4cccc5c4sc4ccccc45)cc3)cccc2c1. The number of rotatable bonds is 4. The van der Waals surface area contributed by atoms with Crippen LogP contribution in [-0.4, -0.2) is 8.80 Å². The van der Waals surface area contributed by atoms with Crippen LogP contribution in [0.3, 0.4) is 0 Å². The Labute approximate surface area is 332 Å². The first kappa shape index (κ1) is 32.1. The normalized spacial score (nSPS) is 12.1. The molecule has 0 aliphatic heterocycles. The van der Waals surface area contributed by atoms with Gasteiger partial charge in [-0.3, -0.25) is 8.80 Å². The summed E-state index contributed by atoms with van der Waals surface area (Å²) in [5.74, 6) is 0. The summed E-state index contributed by atoms with van der Waals surface area (Å²) in [7, 11) is 0. The molecule has 268 valence electrons. The summed E-state index contributed by atoms with van der Waals surface area (Å²) in [5, 5.41) is 11.5. The van der Waals surface area contributed by atoms with E-state index in [1.807, 2.05) is 11.3 Å². The lowest BCUT2D eigenvalue weighted by Gasteiger charge is -2.26. The third-order valence-corrected chi connectivity index (χ3v) is 13.2. The fourth-order valence-electron chi connectivity index (χ4n) is 9.55. The molecule has 13 rings (SSSR count). The predicted octanol–water partition coefficient (Wildman–Crippen LogP) is 15.5. The van der Waals surface area contributed by atoms with Crippen molar-refractivity contribution >= 4 is 114 Å². The van der Waals surface area contributed by atoms with E-state index in [2.05, 4.69) is 202 Å². The second kappa shape index (κ2) is 11.9. The third-order valence-electron chi connectivity index (χ3n) is 12.0. The Bertz CT molecular complexity index is 3710. The van der Waals surface area contributed by atoms with Crippen LogP contribution in [0.2, 0.25) is 0 Å². The van der Waals surface area contributed by atoms with Gasteiger partial charge < -0.3 is 4.90 Å². The first-order chi connectivity index (χ1) is 27.8. The van der Waals surface area contributed by atoms with E-state index in [1.165, 1.54) is 102 Å². The molecule has 0 saturated heterocycles. The van der Waals surface area contributed by atoms with Gasteiger partial charge in [-0.05, 0) is 93.3 Å². The van der Waals surface area contributed by atoms with Crippen molar-refractivity contribution < 1.29 is 0 Å². The van der Waals surface area contributed by atoms with Gasteiger partial charge in [0.1, 0.15) is 5.65 Å². The fraction of sp³-hybridized carbons (Fsp3) is 0.0189. The van der Waals surface area contributed by atoms with Crippen molar-refractivity contribution in [1.82, 2.24) is 8.80 Å². The van der Waals surface area contributed by atoms with Crippen LogP contribution < -0.4 is 4.90 Å². The van der Waals surface area contributed by atoms with Gasteiger partial charge in [0.05, 0.1) is 32.5 Å². The molecule has 0 amide bonds. The highest BCUT2D eigenvalue weighted by atomic mass is 32.1. The van der Waals surface area contributed by atoms with E-state index in [1.54, 1.807) is 0 Å². The van der Waals surface area contributed by atoms with E-state index in [-0.39, 0.29) is 7.43 Å². The minimum absolute atomic E-state index is 0. The Hall–Kier alpha value is -7.14. The van der Waals surface area contributed by atoms with E-state index < -0.39 is 0 Å². The number of fused-ring (bicyclic) bond motifs is 14. The maximum atomic E-state index is 2.48. The van der Waals surface area contributed by atoms with Crippen LogP contribution >= 0.6 is 11.3 Å². The molecule has 0 unspecified atom stereocenters. The molecule has 4 aromatic heterocycles. The summed E-state index contributed by atoms with van der Waals surface area (Å²) >= 11 is 1.87. The van der Waals surface area contributed by atoms with E-state index in [0.29, 0.717) is 0 Å². The quantitative estimate of drug-likeness (QED) is 0.175. The van der Waals surface area contributed by atoms with E-state index >= 15 is 0 Å². The van der Waals surface area contributed by atoms with Gasteiger partial charge >= 0.3 is 0 Å². The number of anilines is 3. The lowest BCUT2D eigenvalue weighted by molar-refractivity contribution is 1.29. The lowest BCUT2D eigenvalue weighted by atomic mass is 9.98. The Morgan fingerprint density at radius 1 is 0.404 bits per heavy atom. The standard InChI is InChI=1S/C52H31N3S.CH4/c1-2-13-38-32(11-1)12-9-17-39(38)33-23-26-36(27-24-33)53(46-21-10-18-41-40-14-5-8-22-49(40)56-51(41)46)37-28-25-34-30-47-48(31-35(34)29-37)55-45-20-7-4-16-43(45)50-42-15-3-6-19-44(42)54(47)52(50)55;/h1-31H;1H4. The summed E-state index contributed by atoms with van der Waals surface area (Å²) in [5.41, 5.74) is 12.1. The van der Waals surface area contributed by atoms with Crippen molar-refractivity contribution in [3.63, 3.8) is 0 Å². The number of hydrogen-bond acceptors (Lipinski definition) is 2. The highest BCUT2D eigenvalue weighted by molar-refractivity contribution is 7.26. The van der Waals surface area contributed by atoms with Gasteiger partial charge in [-0.15, -0.1) is 11.3 Å². The van der Waals surface area contributed by atoms with Crippen LogP contribution in [-0.2, 0) is 0 Å². The van der Waals surface area contributed by atoms with E-state index in [0.717, 1.165) is 11.4 Å². The van der Waals surface area contributed by atoms with Crippen LogP contribution in [0, 0.1) is 0 Å². The maximum absolute atomic E-state index is 2.48. The first-order valence-electron chi connectivity index (χ1n) is 19.2. The van der Waals surface area contributed by atoms with Gasteiger partial charge in [-0.25, -0.2) is 0 Å². The van der Waals surface area contributed by atoms with Crippen molar-refractivity contribution in [2.24, 2.45) is 0 Å². The molecule has 0 atom stereocenters. The topological polar surface area (TPSA) is 12.1 Å². The summed E-state index contributed by atoms with van der Waals surface area (Å²) < 4.78 is 7.54. The molecule has 0 fully saturated rings. The molecular weight excluding hydrogens is 711 g/mol. The highest BCUT2D eigenvalue weighted by Crippen LogP contribution is 2.47. The average molecular weight is 746 g/mol. The predicted molar refractivity (Wildman–Crippen MR) is 247 cm³/mol. The second-order valence-corrected chi connectivity index (χ2v) is 16.0. The molecular formula is C53H35N3S. The molecule has 0 N–H and O–H groups in total. The van der Waals surface area contributed by atoms with Crippen LogP contribution in [0.25, 0.3) is 96.7 Å². The summed E-state index contributed by atoms with van der Waals surface area (Å²) in [6, 6.07) is 69.4. The number of imidazole rings is 1. The van der Waals surface area contributed by atoms with Gasteiger partial charge in [0.2, 0.25) is 0 Å². The molecule has 0 saturated carbocycles. The fourth-order valence-corrected chi connectivity index (χ4v) is 10.8. The van der Waals surface area contributed by atoms with Gasteiger partial charge in [0.15, 0.2) is 0 Å². The van der Waals surface area contributed by atoms with Gasteiger partial charge in [-0.1, -0.05) is 135 Å². The minimum Gasteiger partial charge on any atom is -0.309 e. The Morgan fingerprint density at radius 2 is 1.00 bits per heavy atom. The van der Waals surface area contributed by atoms with Gasteiger partial charge in [-0.2, -0.15) is 0 Å². The number of nitrogens with zero attached hydrogens (tertiary/aromatic N) is 3. The Balaban J connectivity index is 0.00000356. The van der Waals surface area contributed by atoms with Crippen LogP contribution in [0.15, 0.2) is 188 Å². The summed E-state index contributed by atoms with van der Waals surface area (Å²) in [6.07, 6.45) is 0. The Morgan fingerprint density at radius 3 is 1.77 bits per heavy atom. The smallest absolute Gasteiger partial charge is 0.131 e. The largest absolute Gasteiger partial charge is 0.309 e. The van der Waals surface area contributed by atoms with Crippen LogP contribution in [0.4, 0.5) is 17.1 Å². The van der Waals surface area contributed by atoms with Crippen LogP contribution in [0.1, 0.15) is 7.43 Å². The molecule has 3 nitrogen and oxygen atoms in total. The molecule has 57 heavy (non-hydrogen) atoms. The second-order valence-electron chi connectivity index (χ2n) is 14.9.